The van der Waals surface area contributed by atoms with Gasteiger partial charge in [0.1, 0.15) is 0 Å². The molecular formula is C16H22O5. The molecule has 116 valence electrons. The molecule has 0 aliphatic rings. The first-order valence-electron chi connectivity index (χ1n) is 7.20. The number of unbranched alkanes of at least 4 members (excludes halogenated alkanes) is 1. The number of rotatable bonds is 9. The summed E-state index contributed by atoms with van der Waals surface area (Å²) in [6, 6.07) is 6.03. The van der Waals surface area contributed by atoms with E-state index in [1.807, 2.05) is 6.92 Å². The van der Waals surface area contributed by atoms with Gasteiger partial charge in [-0.2, -0.15) is 0 Å². The summed E-state index contributed by atoms with van der Waals surface area (Å²) < 4.78 is 5.24. The molecule has 0 aliphatic heterocycles. The number of esters is 1. The van der Waals surface area contributed by atoms with Crippen molar-refractivity contribution in [1.82, 2.24) is 0 Å². The smallest absolute Gasteiger partial charge is 0.339 e. The summed E-state index contributed by atoms with van der Waals surface area (Å²) in [5.41, 5.74) is 0.0334. The number of carboxylic acid groups (broad SMARTS) is 1. The zero-order chi connectivity index (χ0) is 15.7. The van der Waals surface area contributed by atoms with Gasteiger partial charge in [-0.3, -0.25) is 0 Å². The lowest BCUT2D eigenvalue weighted by molar-refractivity contribution is 0.0419. The van der Waals surface area contributed by atoms with Crippen LogP contribution < -0.4 is 0 Å². The zero-order valence-electron chi connectivity index (χ0n) is 12.2. The monoisotopic (exact) mass is 294 g/mol. The molecule has 0 saturated heterocycles. The van der Waals surface area contributed by atoms with Crippen molar-refractivity contribution >= 4 is 11.9 Å². The van der Waals surface area contributed by atoms with Crippen LogP contribution in [0.3, 0.4) is 0 Å². The number of carbonyl (C=O) groups excluding carboxylic acids is 1. The van der Waals surface area contributed by atoms with E-state index in [-0.39, 0.29) is 30.3 Å². The third-order valence-corrected chi connectivity index (χ3v) is 3.43. The topological polar surface area (TPSA) is 83.8 Å². The molecular weight excluding hydrogens is 272 g/mol. The van der Waals surface area contributed by atoms with Gasteiger partial charge in [0.05, 0.1) is 17.7 Å². The fourth-order valence-corrected chi connectivity index (χ4v) is 2.07. The van der Waals surface area contributed by atoms with E-state index in [1.54, 1.807) is 12.1 Å². The minimum absolute atomic E-state index is 0.0455. The largest absolute Gasteiger partial charge is 0.478 e. The predicted molar refractivity (Wildman–Crippen MR) is 78.4 cm³/mol. The van der Waals surface area contributed by atoms with Crippen LogP contribution in [-0.4, -0.2) is 35.4 Å². The molecule has 1 rings (SSSR count). The fourth-order valence-electron chi connectivity index (χ4n) is 2.07. The quantitative estimate of drug-likeness (QED) is 0.540. The molecule has 0 aromatic heterocycles. The second-order valence-corrected chi connectivity index (χ2v) is 4.94. The van der Waals surface area contributed by atoms with Gasteiger partial charge >= 0.3 is 11.9 Å². The molecule has 5 nitrogen and oxygen atoms in total. The molecule has 0 amide bonds. The number of hydrogen-bond acceptors (Lipinski definition) is 4. The molecule has 0 radical (unpaired) electrons. The average Bonchev–Trinajstić information content (AvgIpc) is 2.50. The first-order chi connectivity index (χ1) is 10.1. The van der Waals surface area contributed by atoms with E-state index >= 15 is 0 Å². The Morgan fingerprint density at radius 2 is 1.86 bits per heavy atom. The second kappa shape index (κ2) is 9.13. The normalized spacial score (nSPS) is 11.9. The number of ether oxygens (including phenoxy) is 1. The number of carboxylic acids is 1. The molecule has 21 heavy (non-hydrogen) atoms. The van der Waals surface area contributed by atoms with Crippen LogP contribution in [-0.2, 0) is 4.74 Å². The summed E-state index contributed by atoms with van der Waals surface area (Å²) in [6.45, 7) is 2.46. The van der Waals surface area contributed by atoms with E-state index in [4.69, 9.17) is 14.9 Å². The van der Waals surface area contributed by atoms with Gasteiger partial charge in [0, 0.05) is 6.61 Å². The first kappa shape index (κ1) is 17.2. The number of carbonyl (C=O) groups is 2. The van der Waals surface area contributed by atoms with Crippen LogP contribution in [0.4, 0.5) is 0 Å². The molecule has 0 bridgehead atoms. The molecule has 2 N–H and O–H groups in total. The molecule has 0 saturated carbocycles. The van der Waals surface area contributed by atoms with Gasteiger partial charge in [-0.1, -0.05) is 31.9 Å². The molecule has 0 spiro atoms. The molecule has 1 aromatic rings. The lowest BCUT2D eigenvalue weighted by Gasteiger charge is -2.15. The summed E-state index contributed by atoms with van der Waals surface area (Å²) in [4.78, 5) is 23.1. The van der Waals surface area contributed by atoms with Crippen LogP contribution >= 0.6 is 0 Å². The van der Waals surface area contributed by atoms with E-state index in [1.165, 1.54) is 12.1 Å². The van der Waals surface area contributed by atoms with Crippen LogP contribution in [0.2, 0.25) is 0 Å². The lowest BCUT2D eigenvalue weighted by Crippen LogP contribution is -2.16. The van der Waals surface area contributed by atoms with Gasteiger partial charge in [-0.05, 0) is 30.9 Å². The number of aromatic carboxylic acids is 1. The van der Waals surface area contributed by atoms with Gasteiger partial charge in [-0.15, -0.1) is 0 Å². The molecule has 1 atom stereocenters. The SMILES string of the molecule is CC[C@@H](CCCCO)COC(=O)c1ccccc1C(=O)O. The van der Waals surface area contributed by atoms with E-state index < -0.39 is 11.9 Å². The van der Waals surface area contributed by atoms with Crippen LogP contribution in [0.25, 0.3) is 0 Å². The summed E-state index contributed by atoms with van der Waals surface area (Å²) in [6.07, 6.45) is 3.38. The summed E-state index contributed by atoms with van der Waals surface area (Å²) in [5.74, 6) is -1.51. The van der Waals surface area contributed by atoms with Crippen molar-refractivity contribution in [3.05, 3.63) is 35.4 Å². The number of aliphatic hydroxyl groups excluding tert-OH is 1. The molecule has 0 aliphatic carbocycles. The number of aliphatic hydroxyl groups is 1. The second-order valence-electron chi connectivity index (χ2n) is 4.94. The van der Waals surface area contributed by atoms with Gasteiger partial charge < -0.3 is 14.9 Å². The summed E-state index contributed by atoms with van der Waals surface area (Å²) >= 11 is 0. The van der Waals surface area contributed by atoms with Gasteiger partial charge in [-0.25, -0.2) is 9.59 Å². The summed E-state index contributed by atoms with van der Waals surface area (Å²) in [5, 5.41) is 17.8. The summed E-state index contributed by atoms with van der Waals surface area (Å²) in [7, 11) is 0. The molecule has 0 unspecified atom stereocenters. The van der Waals surface area contributed by atoms with E-state index in [9.17, 15) is 9.59 Å². The number of benzene rings is 1. The van der Waals surface area contributed by atoms with Gasteiger partial charge in [0.2, 0.25) is 0 Å². The van der Waals surface area contributed by atoms with Crippen molar-refractivity contribution in [2.45, 2.75) is 32.6 Å². The third kappa shape index (κ3) is 5.55. The maximum Gasteiger partial charge on any atom is 0.339 e. The standard InChI is InChI=1S/C16H22O5/c1-2-12(7-5-6-10-17)11-21-16(20)14-9-4-3-8-13(14)15(18)19/h3-4,8-9,12,17H,2,5-7,10-11H2,1H3,(H,18,19)/t12-/m0/s1. The van der Waals surface area contributed by atoms with Crippen molar-refractivity contribution in [3.8, 4) is 0 Å². The molecule has 0 heterocycles. The molecule has 1 aromatic carbocycles. The highest BCUT2D eigenvalue weighted by atomic mass is 16.5. The van der Waals surface area contributed by atoms with Crippen LogP contribution in [0.15, 0.2) is 24.3 Å². The Kier molecular flexibility index (Phi) is 7.46. The highest BCUT2D eigenvalue weighted by molar-refractivity contribution is 6.02. The number of hydrogen-bond donors (Lipinski definition) is 2. The Hall–Kier alpha value is -1.88. The molecule has 5 heteroatoms. The Bertz CT molecular complexity index is 469. The Balaban J connectivity index is 2.58. The van der Waals surface area contributed by atoms with Crippen molar-refractivity contribution in [3.63, 3.8) is 0 Å². The Labute approximate surface area is 124 Å². The van der Waals surface area contributed by atoms with Crippen molar-refractivity contribution < 1.29 is 24.5 Å². The van der Waals surface area contributed by atoms with Crippen LogP contribution in [0.1, 0.15) is 53.3 Å². The highest BCUT2D eigenvalue weighted by Crippen LogP contribution is 2.15. The first-order valence-corrected chi connectivity index (χ1v) is 7.20. The van der Waals surface area contributed by atoms with E-state index in [2.05, 4.69) is 0 Å². The van der Waals surface area contributed by atoms with Crippen LogP contribution in [0.5, 0.6) is 0 Å². The average molecular weight is 294 g/mol. The molecule has 0 fully saturated rings. The van der Waals surface area contributed by atoms with Crippen LogP contribution in [0, 0.1) is 5.92 Å². The van der Waals surface area contributed by atoms with Gasteiger partial charge in [0.25, 0.3) is 0 Å². The lowest BCUT2D eigenvalue weighted by atomic mass is 10.0. The van der Waals surface area contributed by atoms with Gasteiger partial charge in [0.15, 0.2) is 0 Å². The van der Waals surface area contributed by atoms with E-state index in [0.717, 1.165) is 25.7 Å². The van der Waals surface area contributed by atoms with Crippen molar-refractivity contribution in [1.29, 1.82) is 0 Å². The Morgan fingerprint density at radius 3 is 2.43 bits per heavy atom. The van der Waals surface area contributed by atoms with Crippen molar-refractivity contribution in [2.75, 3.05) is 13.2 Å². The van der Waals surface area contributed by atoms with E-state index in [0.29, 0.717) is 0 Å². The predicted octanol–water partition coefficient (Wildman–Crippen LogP) is 2.73. The maximum atomic E-state index is 12.0. The van der Waals surface area contributed by atoms with Crippen molar-refractivity contribution in [2.24, 2.45) is 5.92 Å². The third-order valence-electron chi connectivity index (χ3n) is 3.43. The Morgan fingerprint density at radius 1 is 1.19 bits per heavy atom. The minimum atomic E-state index is -1.14. The maximum absolute atomic E-state index is 12.0. The minimum Gasteiger partial charge on any atom is -0.478 e. The zero-order valence-corrected chi connectivity index (χ0v) is 12.2. The fraction of sp³-hybridized carbons (Fsp3) is 0.500. The highest BCUT2D eigenvalue weighted by Gasteiger charge is 2.18.